The first-order chi connectivity index (χ1) is 9.33. The minimum absolute atomic E-state index is 0.761. The van der Waals surface area contributed by atoms with Crippen molar-refractivity contribution < 1.29 is 0 Å². The van der Waals surface area contributed by atoms with E-state index < -0.39 is 0 Å². The Bertz CT molecular complexity index is 568. The van der Waals surface area contributed by atoms with Crippen LogP contribution in [0.1, 0.15) is 5.56 Å². The van der Waals surface area contributed by atoms with Crippen LogP contribution in [0, 0.1) is 0 Å². The van der Waals surface area contributed by atoms with Crippen molar-refractivity contribution in [2.75, 3.05) is 11.6 Å². The smallest absolute Gasteiger partial charge is 0.0634 e. The fraction of sp³-hybridized carbons (Fsp3) is 0.0667. The van der Waals surface area contributed by atoms with E-state index in [4.69, 9.17) is 11.8 Å². The van der Waals surface area contributed by atoms with E-state index in [2.05, 4.69) is 17.7 Å². The Balaban J connectivity index is 1.88. The molecule has 0 saturated heterocycles. The highest BCUT2D eigenvalue weighted by Gasteiger charge is 2.17. The predicted octanol–water partition coefficient (Wildman–Crippen LogP) is 3.42. The molecule has 0 aliphatic carbocycles. The van der Waals surface area contributed by atoms with Crippen LogP contribution in [0.3, 0.4) is 0 Å². The molecule has 0 unspecified atom stereocenters. The van der Waals surface area contributed by atoms with Gasteiger partial charge in [-0.05, 0) is 23.3 Å². The summed E-state index contributed by atoms with van der Waals surface area (Å²) >= 11 is 6.11. The monoisotopic (exact) mass is 271 g/mol. The molecule has 1 heterocycles. The van der Waals surface area contributed by atoms with Gasteiger partial charge in [-0.15, -0.1) is 5.53 Å². The van der Waals surface area contributed by atoms with Crippen LogP contribution in [0.2, 0.25) is 0 Å². The van der Waals surface area contributed by atoms with Crippen molar-refractivity contribution in [2.24, 2.45) is 0 Å². The highest BCUT2D eigenvalue weighted by atomic mass is 35.5. The number of nitrogens with zero attached hydrogens (tertiary/aromatic N) is 2. The van der Waals surface area contributed by atoms with Crippen molar-refractivity contribution in [3.8, 4) is 0 Å². The first-order valence-corrected chi connectivity index (χ1v) is 6.47. The molecule has 3 nitrogen and oxygen atoms in total. The molecule has 1 N–H and O–H groups in total. The molecule has 4 heteroatoms. The number of hydrazine groups is 2. The average molecular weight is 272 g/mol. The third-order valence-electron chi connectivity index (χ3n) is 3.03. The summed E-state index contributed by atoms with van der Waals surface area (Å²) in [6, 6.07) is 20.4. The van der Waals surface area contributed by atoms with Crippen LogP contribution in [0.15, 0.2) is 66.9 Å². The number of hydrogen-bond acceptors (Lipinski definition) is 3. The normalized spacial score (nSPS) is 15.3. The Morgan fingerprint density at radius 1 is 0.895 bits per heavy atom. The van der Waals surface area contributed by atoms with Crippen molar-refractivity contribution in [2.45, 2.75) is 0 Å². The Kier molecular flexibility index (Phi) is 3.40. The Morgan fingerprint density at radius 2 is 1.53 bits per heavy atom. The zero-order valence-corrected chi connectivity index (χ0v) is 11.1. The number of halogens is 1. The molecule has 2 aromatic rings. The minimum atomic E-state index is 0.761. The summed E-state index contributed by atoms with van der Waals surface area (Å²) in [4.78, 5) is 0. The molecule has 0 radical (unpaired) electrons. The van der Waals surface area contributed by atoms with E-state index in [0.717, 1.165) is 12.2 Å². The molecule has 2 aromatic carbocycles. The van der Waals surface area contributed by atoms with Crippen LogP contribution in [-0.4, -0.2) is 11.1 Å². The fourth-order valence-electron chi connectivity index (χ4n) is 2.10. The van der Waals surface area contributed by atoms with Crippen LogP contribution < -0.4 is 10.5 Å². The van der Waals surface area contributed by atoms with E-state index in [9.17, 15) is 0 Å². The summed E-state index contributed by atoms with van der Waals surface area (Å²) in [5.74, 6) is 0. The van der Waals surface area contributed by atoms with Gasteiger partial charge >= 0.3 is 0 Å². The average Bonchev–Trinajstić information content (AvgIpc) is 2.48. The quantitative estimate of drug-likeness (QED) is 0.845. The third kappa shape index (κ3) is 2.72. The van der Waals surface area contributed by atoms with Crippen molar-refractivity contribution in [3.63, 3.8) is 0 Å². The molecule has 0 atom stereocenters. The molecule has 0 amide bonds. The Morgan fingerprint density at radius 3 is 2.21 bits per heavy atom. The van der Waals surface area contributed by atoms with Gasteiger partial charge in [0.25, 0.3) is 0 Å². The lowest BCUT2D eigenvalue weighted by Gasteiger charge is -2.33. The molecule has 1 aliphatic rings. The molecule has 19 heavy (non-hydrogen) atoms. The summed E-state index contributed by atoms with van der Waals surface area (Å²) in [7, 11) is 0. The van der Waals surface area contributed by atoms with Gasteiger partial charge in [-0.3, -0.25) is 5.01 Å². The SMILES string of the molecule is ClN1C=C(c2ccccc2)CN(c2ccccc2)N1. The largest absolute Gasteiger partial charge is 0.285 e. The van der Waals surface area contributed by atoms with Gasteiger partial charge in [-0.25, -0.2) is 4.53 Å². The second-order valence-electron chi connectivity index (χ2n) is 4.35. The molecule has 0 bridgehead atoms. The van der Waals surface area contributed by atoms with Crippen molar-refractivity contribution in [1.82, 2.24) is 10.1 Å². The number of nitrogens with one attached hydrogen (secondary N) is 1. The molecular weight excluding hydrogens is 258 g/mol. The predicted molar refractivity (Wildman–Crippen MR) is 79.0 cm³/mol. The van der Waals surface area contributed by atoms with Gasteiger partial charge in [0, 0.05) is 18.0 Å². The zero-order chi connectivity index (χ0) is 13.1. The van der Waals surface area contributed by atoms with Gasteiger partial charge < -0.3 is 0 Å². The van der Waals surface area contributed by atoms with E-state index in [1.54, 1.807) is 0 Å². The topological polar surface area (TPSA) is 18.5 Å². The van der Waals surface area contributed by atoms with E-state index in [0.29, 0.717) is 0 Å². The maximum absolute atomic E-state index is 6.11. The summed E-state index contributed by atoms with van der Waals surface area (Å²) in [5, 5.41) is 2.01. The molecule has 3 rings (SSSR count). The lowest BCUT2D eigenvalue weighted by molar-refractivity contribution is 0.407. The first-order valence-electron chi connectivity index (χ1n) is 6.13. The summed E-state index contributed by atoms with van der Waals surface area (Å²) in [6.45, 7) is 0.761. The van der Waals surface area contributed by atoms with Gasteiger partial charge in [0.05, 0.1) is 12.2 Å². The first kappa shape index (κ1) is 12.1. The molecule has 96 valence electrons. The van der Waals surface area contributed by atoms with Crippen LogP contribution >= 0.6 is 11.8 Å². The number of para-hydroxylation sites is 1. The molecular formula is C15H14ClN3. The Hall–Kier alpha value is -1.97. The standard InChI is InChI=1S/C15H14ClN3/c16-19-12-14(13-7-3-1-4-8-13)11-18(17-19)15-9-5-2-6-10-15/h1-10,12,17H,11H2. The lowest BCUT2D eigenvalue weighted by atomic mass is 10.1. The van der Waals surface area contributed by atoms with Crippen LogP contribution in [0.5, 0.6) is 0 Å². The maximum atomic E-state index is 6.11. The van der Waals surface area contributed by atoms with Crippen LogP contribution in [0.4, 0.5) is 5.69 Å². The highest BCUT2D eigenvalue weighted by Crippen LogP contribution is 2.23. The van der Waals surface area contributed by atoms with E-state index >= 15 is 0 Å². The third-order valence-corrected chi connectivity index (χ3v) is 3.20. The molecule has 0 aromatic heterocycles. The van der Waals surface area contributed by atoms with Crippen molar-refractivity contribution in [3.05, 3.63) is 72.4 Å². The molecule has 1 aliphatic heterocycles. The second kappa shape index (κ2) is 5.34. The maximum Gasteiger partial charge on any atom is 0.0634 e. The van der Waals surface area contributed by atoms with Gasteiger partial charge in [0.1, 0.15) is 0 Å². The van der Waals surface area contributed by atoms with Gasteiger partial charge in [-0.1, -0.05) is 48.5 Å². The van der Waals surface area contributed by atoms with Crippen molar-refractivity contribution >= 4 is 23.0 Å². The number of anilines is 1. The summed E-state index contributed by atoms with van der Waals surface area (Å²) in [5.41, 5.74) is 6.51. The summed E-state index contributed by atoms with van der Waals surface area (Å²) in [6.07, 6.45) is 1.90. The van der Waals surface area contributed by atoms with E-state index in [1.807, 2.05) is 59.7 Å². The van der Waals surface area contributed by atoms with Crippen LogP contribution in [-0.2, 0) is 0 Å². The number of benzene rings is 2. The van der Waals surface area contributed by atoms with Gasteiger partial charge in [0.2, 0.25) is 0 Å². The summed E-state index contributed by atoms with van der Waals surface area (Å²) < 4.78 is 1.46. The second-order valence-corrected chi connectivity index (χ2v) is 4.72. The lowest BCUT2D eigenvalue weighted by Crippen LogP contribution is -2.47. The van der Waals surface area contributed by atoms with Crippen molar-refractivity contribution in [1.29, 1.82) is 0 Å². The molecule has 0 fully saturated rings. The van der Waals surface area contributed by atoms with Crippen LogP contribution in [0.25, 0.3) is 5.57 Å². The van der Waals surface area contributed by atoms with Gasteiger partial charge in [-0.2, -0.15) is 0 Å². The highest BCUT2D eigenvalue weighted by molar-refractivity contribution is 6.14. The minimum Gasteiger partial charge on any atom is -0.285 e. The Labute approximate surface area is 117 Å². The van der Waals surface area contributed by atoms with E-state index in [1.165, 1.54) is 15.7 Å². The fourth-order valence-corrected chi connectivity index (χ4v) is 2.31. The van der Waals surface area contributed by atoms with Gasteiger partial charge in [0.15, 0.2) is 0 Å². The number of rotatable bonds is 2. The van der Waals surface area contributed by atoms with E-state index in [-0.39, 0.29) is 0 Å². The molecule has 0 saturated carbocycles. The number of hydrogen-bond donors (Lipinski definition) is 1. The zero-order valence-electron chi connectivity index (χ0n) is 10.3. The molecule has 0 spiro atoms.